The van der Waals surface area contributed by atoms with Gasteiger partial charge in [0.25, 0.3) is 0 Å². The van der Waals surface area contributed by atoms with Crippen LogP contribution in [0.5, 0.6) is 0 Å². The zero-order valence-electron chi connectivity index (χ0n) is 13.2. The first kappa shape index (κ1) is 16.1. The Balaban J connectivity index is 2.06. The molecule has 0 amide bonds. The first-order valence-corrected chi connectivity index (χ1v) is 8.68. The van der Waals surface area contributed by atoms with Gasteiger partial charge in [-0.15, -0.1) is 0 Å². The van der Waals surface area contributed by atoms with Crippen LogP contribution >= 0.6 is 0 Å². The van der Waals surface area contributed by atoms with E-state index >= 15 is 0 Å². The lowest BCUT2D eigenvalue weighted by molar-refractivity contribution is 0.320. The molecule has 0 aromatic heterocycles. The zero-order valence-corrected chi connectivity index (χ0v) is 13.2. The fourth-order valence-corrected chi connectivity index (χ4v) is 3.37. The number of hydrogen-bond donors (Lipinski definition) is 0. The molecule has 18 heavy (non-hydrogen) atoms. The van der Waals surface area contributed by atoms with Crippen LogP contribution in [0.3, 0.4) is 0 Å². The van der Waals surface area contributed by atoms with Gasteiger partial charge in [0.05, 0.1) is 0 Å². The van der Waals surface area contributed by atoms with Gasteiger partial charge in [0.15, 0.2) is 0 Å². The average Bonchev–Trinajstić information content (AvgIpc) is 2.27. The molecule has 1 rings (SSSR count). The van der Waals surface area contributed by atoms with Crippen molar-refractivity contribution in [1.82, 2.24) is 0 Å². The van der Waals surface area contributed by atoms with Crippen molar-refractivity contribution < 1.29 is 0 Å². The minimum atomic E-state index is 0.891. The van der Waals surface area contributed by atoms with Crippen molar-refractivity contribution in [3.8, 4) is 0 Å². The molecule has 1 aliphatic carbocycles. The van der Waals surface area contributed by atoms with E-state index in [1.54, 1.807) is 0 Å². The molecule has 0 saturated heterocycles. The van der Waals surface area contributed by atoms with Gasteiger partial charge in [0.1, 0.15) is 0 Å². The van der Waals surface area contributed by atoms with E-state index in [1.165, 1.54) is 77.0 Å². The fourth-order valence-electron chi connectivity index (χ4n) is 3.37. The van der Waals surface area contributed by atoms with Crippen molar-refractivity contribution in [3.05, 3.63) is 0 Å². The highest BCUT2D eigenvalue weighted by Gasteiger charge is 2.13. The molecule has 0 heterocycles. The maximum atomic E-state index is 2.48. The van der Waals surface area contributed by atoms with E-state index in [0.717, 1.165) is 17.8 Å². The smallest absolute Gasteiger partial charge is 0.0414 e. The van der Waals surface area contributed by atoms with Crippen molar-refractivity contribution in [3.63, 3.8) is 0 Å². The highest BCUT2D eigenvalue weighted by atomic mass is 14.2. The van der Waals surface area contributed by atoms with E-state index < -0.39 is 0 Å². The molecule has 108 valence electrons. The van der Waals surface area contributed by atoms with Crippen molar-refractivity contribution in [2.45, 2.75) is 97.8 Å². The second-order valence-corrected chi connectivity index (χ2v) is 7.22. The molecular weight excluding hydrogens is 216 g/mol. The fraction of sp³-hybridized carbons (Fsp3) is 1.00. The Morgan fingerprint density at radius 1 is 0.778 bits per heavy atom. The van der Waals surface area contributed by atoms with E-state index in [2.05, 4.69) is 20.8 Å². The van der Waals surface area contributed by atoms with Gasteiger partial charge in [0, 0.05) is 0 Å². The topological polar surface area (TPSA) is 0 Å². The summed E-state index contributed by atoms with van der Waals surface area (Å²) in [4.78, 5) is 0. The largest absolute Gasteiger partial charge is 0.0628 e. The molecule has 0 heteroatoms. The van der Waals surface area contributed by atoms with Crippen molar-refractivity contribution >= 4 is 0 Å². The molecule has 0 spiro atoms. The average molecular weight is 252 g/mol. The van der Waals surface area contributed by atoms with Crippen LogP contribution in [0.25, 0.3) is 0 Å². The second-order valence-electron chi connectivity index (χ2n) is 7.22. The molecule has 0 aromatic rings. The highest BCUT2D eigenvalue weighted by Crippen LogP contribution is 2.28. The summed E-state index contributed by atoms with van der Waals surface area (Å²) in [6, 6.07) is 0. The predicted octanol–water partition coefficient (Wildman–Crippen LogP) is 6.59. The first-order valence-electron chi connectivity index (χ1n) is 8.68. The third-order valence-corrected chi connectivity index (χ3v) is 4.77. The SMILES string of the molecule is CC(C)CCCC(C)CCC1CCCCCCC1. The lowest BCUT2D eigenvalue weighted by atomic mass is 9.85. The molecule has 1 unspecified atom stereocenters. The minimum Gasteiger partial charge on any atom is -0.0628 e. The third-order valence-electron chi connectivity index (χ3n) is 4.77. The number of hydrogen-bond acceptors (Lipinski definition) is 0. The Labute approximate surface area is 116 Å². The van der Waals surface area contributed by atoms with Crippen LogP contribution in [0.15, 0.2) is 0 Å². The van der Waals surface area contributed by atoms with Gasteiger partial charge in [-0.1, -0.05) is 97.8 Å². The summed E-state index contributed by atoms with van der Waals surface area (Å²) in [7, 11) is 0. The summed E-state index contributed by atoms with van der Waals surface area (Å²) in [5.74, 6) is 2.93. The zero-order chi connectivity index (χ0) is 13.2. The summed E-state index contributed by atoms with van der Waals surface area (Å²) in [6.07, 6.45) is 17.9. The Kier molecular flexibility index (Phi) is 8.80. The monoisotopic (exact) mass is 252 g/mol. The standard InChI is InChI=1S/C18H36/c1-16(2)10-9-11-17(3)14-15-18-12-7-5-4-6-8-13-18/h16-18H,4-15H2,1-3H3. The van der Waals surface area contributed by atoms with Crippen LogP contribution in [-0.2, 0) is 0 Å². The molecular formula is C18H36. The van der Waals surface area contributed by atoms with E-state index in [0.29, 0.717) is 0 Å². The first-order chi connectivity index (χ1) is 8.68. The molecule has 1 aliphatic rings. The maximum absolute atomic E-state index is 2.48. The lowest BCUT2D eigenvalue weighted by Crippen LogP contribution is -2.06. The van der Waals surface area contributed by atoms with Crippen LogP contribution < -0.4 is 0 Å². The van der Waals surface area contributed by atoms with E-state index in [1.807, 2.05) is 0 Å². The Morgan fingerprint density at radius 2 is 1.39 bits per heavy atom. The Hall–Kier alpha value is 0. The summed E-state index contributed by atoms with van der Waals surface area (Å²) >= 11 is 0. The molecule has 1 fully saturated rings. The van der Waals surface area contributed by atoms with Gasteiger partial charge in [0.2, 0.25) is 0 Å². The van der Waals surface area contributed by atoms with Gasteiger partial charge in [-0.3, -0.25) is 0 Å². The summed E-state index contributed by atoms with van der Waals surface area (Å²) < 4.78 is 0. The predicted molar refractivity (Wildman–Crippen MR) is 82.9 cm³/mol. The van der Waals surface area contributed by atoms with Gasteiger partial charge in [-0.2, -0.15) is 0 Å². The Morgan fingerprint density at radius 3 is 2.00 bits per heavy atom. The minimum absolute atomic E-state index is 0.891. The van der Waals surface area contributed by atoms with Gasteiger partial charge >= 0.3 is 0 Å². The highest BCUT2D eigenvalue weighted by molar-refractivity contribution is 4.66. The molecule has 0 aromatic carbocycles. The van der Waals surface area contributed by atoms with Crippen molar-refractivity contribution in [2.75, 3.05) is 0 Å². The normalized spacial score (nSPS) is 20.7. The van der Waals surface area contributed by atoms with Crippen molar-refractivity contribution in [1.29, 1.82) is 0 Å². The van der Waals surface area contributed by atoms with E-state index in [9.17, 15) is 0 Å². The third kappa shape index (κ3) is 8.16. The van der Waals surface area contributed by atoms with Gasteiger partial charge in [-0.25, -0.2) is 0 Å². The molecule has 0 aliphatic heterocycles. The molecule has 0 N–H and O–H groups in total. The van der Waals surface area contributed by atoms with E-state index in [4.69, 9.17) is 0 Å². The molecule has 0 bridgehead atoms. The molecule has 1 saturated carbocycles. The van der Waals surface area contributed by atoms with Gasteiger partial charge < -0.3 is 0 Å². The molecule has 0 radical (unpaired) electrons. The summed E-state index contributed by atoms with van der Waals surface area (Å²) in [6.45, 7) is 7.17. The summed E-state index contributed by atoms with van der Waals surface area (Å²) in [5, 5.41) is 0. The van der Waals surface area contributed by atoms with Gasteiger partial charge in [-0.05, 0) is 17.8 Å². The lowest BCUT2D eigenvalue weighted by Gasteiger charge is -2.21. The quantitative estimate of drug-likeness (QED) is 0.479. The number of rotatable bonds is 7. The second kappa shape index (κ2) is 9.87. The molecule has 0 nitrogen and oxygen atoms in total. The van der Waals surface area contributed by atoms with E-state index in [-0.39, 0.29) is 0 Å². The molecule has 1 atom stereocenters. The summed E-state index contributed by atoms with van der Waals surface area (Å²) in [5.41, 5.74) is 0. The van der Waals surface area contributed by atoms with Crippen LogP contribution in [0, 0.1) is 17.8 Å². The van der Waals surface area contributed by atoms with Crippen molar-refractivity contribution in [2.24, 2.45) is 17.8 Å². The Bertz CT molecular complexity index is 174. The maximum Gasteiger partial charge on any atom is -0.0414 e. The van der Waals surface area contributed by atoms with Crippen LogP contribution in [0.1, 0.15) is 97.8 Å². The van der Waals surface area contributed by atoms with Crippen LogP contribution in [-0.4, -0.2) is 0 Å². The van der Waals surface area contributed by atoms with Crippen LogP contribution in [0.4, 0.5) is 0 Å². The van der Waals surface area contributed by atoms with Crippen LogP contribution in [0.2, 0.25) is 0 Å².